The first kappa shape index (κ1) is 36.0. The van der Waals surface area contributed by atoms with Crippen LogP contribution in [-0.4, -0.2) is 116 Å². The molecule has 15 heteroatoms. The van der Waals surface area contributed by atoms with Crippen molar-refractivity contribution in [3.8, 4) is 6.07 Å². The third kappa shape index (κ3) is 9.26. The number of benzene rings is 1. The van der Waals surface area contributed by atoms with E-state index < -0.39 is 11.9 Å². The Bertz CT molecular complexity index is 1620. The number of alkyl halides is 2. The number of nitrogens with one attached hydrogen (secondary N) is 1. The number of hydrogen-bond acceptors (Lipinski definition) is 10. The van der Waals surface area contributed by atoms with Crippen molar-refractivity contribution in [3.63, 3.8) is 0 Å². The van der Waals surface area contributed by atoms with Gasteiger partial charge in [0.2, 0.25) is 5.82 Å². The van der Waals surface area contributed by atoms with Gasteiger partial charge in [-0.25, -0.2) is 9.78 Å². The number of piperidine rings is 1. The van der Waals surface area contributed by atoms with E-state index in [0.29, 0.717) is 35.5 Å². The summed E-state index contributed by atoms with van der Waals surface area (Å²) in [4.78, 5) is 43.9. The number of hydrazine groups is 1. The minimum absolute atomic E-state index is 0.0630. The van der Waals surface area contributed by atoms with Gasteiger partial charge in [0.05, 0.1) is 12.4 Å². The minimum atomic E-state index is -3.58. The van der Waals surface area contributed by atoms with E-state index >= 15 is 0 Å². The topological polar surface area (TPSA) is 147 Å². The quantitative estimate of drug-likeness (QED) is 0.336. The Morgan fingerprint density at radius 2 is 1.63 bits per heavy atom. The van der Waals surface area contributed by atoms with Crippen LogP contribution in [0.5, 0.6) is 0 Å². The van der Waals surface area contributed by atoms with E-state index in [4.69, 9.17) is 5.11 Å². The van der Waals surface area contributed by atoms with Gasteiger partial charge >= 0.3 is 11.9 Å². The number of imidazole rings is 1. The zero-order chi connectivity index (χ0) is 35.1. The van der Waals surface area contributed by atoms with Crippen LogP contribution < -0.4 is 10.4 Å². The largest absolute Gasteiger partial charge is 0.477 e. The van der Waals surface area contributed by atoms with Gasteiger partial charge in [-0.3, -0.25) is 25.0 Å². The first-order chi connectivity index (χ1) is 23.4. The number of aliphatic carboxylic acids is 1. The molecule has 3 aromatic rings. The maximum Gasteiger partial charge on any atom is 0.374 e. The molecule has 6 rings (SSSR count). The summed E-state index contributed by atoms with van der Waals surface area (Å²) in [5, 5.41) is 19.0. The van der Waals surface area contributed by atoms with Gasteiger partial charge in [0.25, 0.3) is 5.91 Å². The number of nitrogens with zero attached hydrogens (tertiary/aromatic N) is 9. The molecule has 4 heterocycles. The second-order valence-corrected chi connectivity index (χ2v) is 13.4. The minimum Gasteiger partial charge on any atom is -0.477 e. The van der Waals surface area contributed by atoms with Crippen molar-refractivity contribution in [2.24, 2.45) is 7.05 Å². The average molecular weight is 681 g/mol. The molecule has 0 unspecified atom stereocenters. The summed E-state index contributed by atoms with van der Waals surface area (Å²) in [6.45, 7) is 8.18. The summed E-state index contributed by atoms with van der Waals surface area (Å²) < 4.78 is 24.3. The molecule has 1 aliphatic carbocycles. The molecule has 2 aromatic heterocycles. The first-order valence-corrected chi connectivity index (χ1v) is 17.0. The second-order valence-electron chi connectivity index (χ2n) is 13.4. The van der Waals surface area contributed by atoms with E-state index in [2.05, 4.69) is 60.3 Å². The molecule has 13 nitrogen and oxygen atoms in total. The number of amides is 1. The first-order valence-electron chi connectivity index (χ1n) is 17.0. The molecular formula is C34H46F2N10O3. The number of hydrogen-bond donors (Lipinski definition) is 2. The number of fused-ring (bicyclic) bond motifs is 1. The smallest absolute Gasteiger partial charge is 0.374 e. The molecule has 2 saturated heterocycles. The number of anilines is 1. The maximum absolute atomic E-state index is 13.6. The van der Waals surface area contributed by atoms with Crippen molar-refractivity contribution in [3.05, 3.63) is 47.5 Å². The van der Waals surface area contributed by atoms with E-state index in [0.717, 1.165) is 45.3 Å². The lowest BCUT2D eigenvalue weighted by molar-refractivity contribution is -0.161. The molecule has 0 radical (unpaired) electrons. The highest BCUT2D eigenvalue weighted by Gasteiger charge is 2.31. The number of carboxylic acid groups (broad SMARTS) is 1. The molecule has 0 atom stereocenters. The Labute approximate surface area is 285 Å². The van der Waals surface area contributed by atoms with E-state index in [1.165, 1.54) is 51.0 Å². The van der Waals surface area contributed by atoms with Gasteiger partial charge in [0, 0.05) is 58.3 Å². The van der Waals surface area contributed by atoms with E-state index in [1.807, 2.05) is 24.2 Å². The third-order valence-electron chi connectivity index (χ3n) is 9.64. The summed E-state index contributed by atoms with van der Waals surface area (Å²) in [6, 6.07) is 10.8. The van der Waals surface area contributed by atoms with Gasteiger partial charge in [0.1, 0.15) is 6.07 Å². The Morgan fingerprint density at radius 1 is 1.00 bits per heavy atom. The zero-order valence-corrected chi connectivity index (χ0v) is 28.5. The van der Waals surface area contributed by atoms with Gasteiger partial charge in [-0.2, -0.15) is 24.0 Å². The third-order valence-corrected chi connectivity index (χ3v) is 9.64. The summed E-state index contributed by atoms with van der Waals surface area (Å²) >= 11 is 0. The lowest BCUT2D eigenvalue weighted by atomic mass is 9.95. The summed E-state index contributed by atoms with van der Waals surface area (Å²) in [6.07, 6.45) is 9.33. The summed E-state index contributed by atoms with van der Waals surface area (Å²) in [7, 11) is 4.05. The average Bonchev–Trinajstić information content (AvgIpc) is 3.48. The second kappa shape index (κ2) is 16.0. The molecule has 0 bridgehead atoms. The van der Waals surface area contributed by atoms with Crippen molar-refractivity contribution >= 4 is 28.9 Å². The highest BCUT2D eigenvalue weighted by Crippen LogP contribution is 2.29. The fourth-order valence-electron chi connectivity index (χ4n) is 6.69. The zero-order valence-electron chi connectivity index (χ0n) is 28.5. The van der Waals surface area contributed by atoms with E-state index in [-0.39, 0.29) is 17.8 Å². The predicted octanol–water partition coefficient (Wildman–Crippen LogP) is 3.66. The number of likely N-dealkylation sites (tertiary alicyclic amines) is 1. The number of carboxylic acids is 1. The number of rotatable bonds is 8. The number of piperazine rings is 1. The van der Waals surface area contributed by atoms with Crippen molar-refractivity contribution in [1.29, 1.82) is 5.26 Å². The highest BCUT2D eigenvalue weighted by molar-refractivity contribution is 5.96. The Hall–Kier alpha value is -4.26. The van der Waals surface area contributed by atoms with Gasteiger partial charge in [0.15, 0.2) is 17.0 Å². The monoisotopic (exact) mass is 680 g/mol. The number of carbonyl (C=O) groups excluding carboxylic acids is 1. The molecule has 264 valence electrons. The lowest BCUT2D eigenvalue weighted by Gasteiger charge is -2.42. The van der Waals surface area contributed by atoms with E-state index in [9.17, 15) is 23.6 Å². The van der Waals surface area contributed by atoms with Crippen LogP contribution in [0.25, 0.3) is 11.2 Å². The predicted molar refractivity (Wildman–Crippen MR) is 180 cm³/mol. The Morgan fingerprint density at radius 3 is 2.22 bits per heavy atom. The fraction of sp³-hybridized carbons (Fsp3) is 0.588. The van der Waals surface area contributed by atoms with Crippen LogP contribution >= 0.6 is 0 Å². The van der Waals surface area contributed by atoms with Crippen molar-refractivity contribution in [2.45, 2.75) is 76.4 Å². The number of likely N-dealkylation sites (N-methyl/N-ethyl adjacent to an activating group) is 1. The molecule has 2 aliphatic heterocycles. The molecule has 1 amide bonds. The lowest BCUT2D eigenvalue weighted by Crippen LogP contribution is -2.52. The molecule has 3 aliphatic rings. The molecular weight excluding hydrogens is 634 g/mol. The van der Waals surface area contributed by atoms with Crippen LogP contribution in [0.2, 0.25) is 0 Å². The van der Waals surface area contributed by atoms with Gasteiger partial charge in [-0.1, -0.05) is 31.4 Å². The standard InChI is InChI=1S/C31H42N10O.C3H4F2O2/c1-37-16-18-40(19-17-37)25-12-14-39(15-13-25)21-23-8-10-24(11-9-23)31(42)36-41(26-6-4-3-5-7-26)30-28-29(38(2)22-33-28)34-27(20-32)35-30;1-3(4,5)2(6)7/h8-11,22,25-26H,3-7,12-19,21H2,1-2H3,(H,36,42);1H3,(H,6,7). The number of aryl methyl sites for hydroxylation is 1. The highest BCUT2D eigenvalue weighted by atomic mass is 19.3. The van der Waals surface area contributed by atoms with Crippen LogP contribution in [0.1, 0.15) is 73.6 Å². The van der Waals surface area contributed by atoms with Gasteiger partial charge in [-0.15, -0.1) is 0 Å². The maximum atomic E-state index is 13.6. The molecule has 1 saturated carbocycles. The van der Waals surface area contributed by atoms with Crippen LogP contribution in [0.4, 0.5) is 14.6 Å². The van der Waals surface area contributed by atoms with Gasteiger partial charge in [-0.05, 0) is 63.5 Å². The number of halogens is 2. The summed E-state index contributed by atoms with van der Waals surface area (Å²) in [5.74, 6) is -5.32. The van der Waals surface area contributed by atoms with Crippen molar-refractivity contribution in [2.75, 3.05) is 51.3 Å². The molecule has 1 aromatic carbocycles. The van der Waals surface area contributed by atoms with Crippen LogP contribution in [0, 0.1) is 11.3 Å². The van der Waals surface area contributed by atoms with Crippen molar-refractivity contribution < 1.29 is 23.5 Å². The number of nitriles is 1. The Balaban J connectivity index is 0.000000606. The van der Waals surface area contributed by atoms with E-state index in [1.54, 1.807) is 10.9 Å². The fourth-order valence-corrected chi connectivity index (χ4v) is 6.69. The normalized spacial score (nSPS) is 18.8. The van der Waals surface area contributed by atoms with Crippen LogP contribution in [-0.2, 0) is 18.4 Å². The molecule has 0 spiro atoms. The van der Waals surface area contributed by atoms with Crippen molar-refractivity contribution in [1.82, 2.24) is 39.6 Å². The number of carbonyl (C=O) groups is 2. The van der Waals surface area contributed by atoms with Gasteiger partial charge < -0.3 is 14.6 Å². The number of aromatic nitrogens is 4. The summed E-state index contributed by atoms with van der Waals surface area (Å²) in [5.41, 5.74) is 6.11. The molecule has 49 heavy (non-hydrogen) atoms. The SMILES string of the molecule is CC(F)(F)C(=O)O.CN1CCN(C2CCN(Cc3ccc(C(=O)NN(c4nc(C#N)nc5c4ncn5C)C4CCCCC4)cc3)CC2)CC1. The molecule has 3 fully saturated rings. The Kier molecular flexibility index (Phi) is 11.7. The van der Waals surface area contributed by atoms with Crippen LogP contribution in [0.15, 0.2) is 30.6 Å². The van der Waals surface area contributed by atoms with Crippen LogP contribution in [0.3, 0.4) is 0 Å². The molecule has 2 N–H and O–H groups in total.